The maximum absolute atomic E-state index is 4.41. The number of nitrogens with one attached hydrogen (secondary N) is 1. The average Bonchev–Trinajstić information content (AvgIpc) is 2.67. The van der Waals surface area contributed by atoms with E-state index in [9.17, 15) is 0 Å². The molecule has 0 unspecified atom stereocenters. The van der Waals surface area contributed by atoms with Crippen LogP contribution in [0.15, 0.2) is 23.8 Å². The lowest BCUT2D eigenvalue weighted by Gasteiger charge is -2.05. The number of aryl methyl sites for hydroxylation is 2. The Morgan fingerprint density at radius 1 is 1.31 bits per heavy atom. The summed E-state index contributed by atoms with van der Waals surface area (Å²) in [5.41, 5.74) is 3.62. The van der Waals surface area contributed by atoms with Gasteiger partial charge in [-0.1, -0.05) is 0 Å². The molecule has 3 nitrogen and oxygen atoms in total. The van der Waals surface area contributed by atoms with Crippen LogP contribution in [-0.4, -0.2) is 9.97 Å². The summed E-state index contributed by atoms with van der Waals surface area (Å²) >= 11 is 1.70. The van der Waals surface area contributed by atoms with Gasteiger partial charge in [-0.2, -0.15) is 0 Å². The van der Waals surface area contributed by atoms with Crippen molar-refractivity contribution >= 4 is 11.3 Å². The number of thiazole rings is 1. The van der Waals surface area contributed by atoms with Crippen LogP contribution >= 0.6 is 11.3 Å². The van der Waals surface area contributed by atoms with Crippen LogP contribution in [0.4, 0.5) is 0 Å². The van der Waals surface area contributed by atoms with Crippen LogP contribution in [0.25, 0.3) is 0 Å². The van der Waals surface area contributed by atoms with Crippen molar-refractivity contribution in [1.82, 2.24) is 15.3 Å². The first-order valence-corrected chi connectivity index (χ1v) is 6.15. The van der Waals surface area contributed by atoms with E-state index < -0.39 is 0 Å². The second-order valence-corrected chi connectivity index (χ2v) is 4.73. The molecule has 0 aliphatic heterocycles. The molecule has 2 rings (SSSR count). The van der Waals surface area contributed by atoms with Crippen molar-refractivity contribution in [1.29, 1.82) is 0 Å². The number of hydrogen-bond donors (Lipinski definition) is 1. The molecule has 2 aromatic heterocycles. The van der Waals surface area contributed by atoms with Gasteiger partial charge in [0.1, 0.15) is 5.01 Å². The zero-order chi connectivity index (χ0) is 11.4. The molecule has 0 amide bonds. The van der Waals surface area contributed by atoms with Crippen LogP contribution in [0.3, 0.4) is 0 Å². The molecule has 0 fully saturated rings. The molecule has 2 heterocycles. The van der Waals surface area contributed by atoms with E-state index in [-0.39, 0.29) is 0 Å². The van der Waals surface area contributed by atoms with Crippen molar-refractivity contribution in [2.75, 3.05) is 0 Å². The topological polar surface area (TPSA) is 37.8 Å². The van der Waals surface area contributed by atoms with Crippen molar-refractivity contribution in [3.05, 3.63) is 45.7 Å². The van der Waals surface area contributed by atoms with Gasteiger partial charge in [0.2, 0.25) is 0 Å². The van der Waals surface area contributed by atoms with Gasteiger partial charge in [-0.15, -0.1) is 11.3 Å². The Morgan fingerprint density at radius 2 is 2.19 bits per heavy atom. The molecular formula is C12H15N3S. The fraction of sp³-hybridized carbons (Fsp3) is 0.333. The molecule has 0 aliphatic carbocycles. The van der Waals surface area contributed by atoms with Gasteiger partial charge in [0.15, 0.2) is 0 Å². The molecule has 0 bridgehead atoms. The fourth-order valence-corrected chi connectivity index (χ4v) is 2.23. The van der Waals surface area contributed by atoms with E-state index in [1.54, 1.807) is 11.3 Å². The standard InChI is InChI=1S/C12H15N3S/c1-9-5-13-4-3-11(9)6-14-7-12-15-10(2)8-16-12/h3-5,8,14H,6-7H2,1-2H3. The van der Waals surface area contributed by atoms with Crippen LogP contribution in [-0.2, 0) is 13.1 Å². The molecule has 0 aliphatic rings. The third-order valence-corrected chi connectivity index (χ3v) is 3.36. The molecule has 0 saturated carbocycles. The number of aromatic nitrogens is 2. The van der Waals surface area contributed by atoms with E-state index in [1.807, 2.05) is 19.3 Å². The third kappa shape index (κ3) is 2.87. The first-order valence-electron chi connectivity index (χ1n) is 5.27. The Balaban J connectivity index is 1.87. The van der Waals surface area contributed by atoms with Gasteiger partial charge in [-0.3, -0.25) is 4.98 Å². The summed E-state index contributed by atoms with van der Waals surface area (Å²) in [7, 11) is 0. The maximum Gasteiger partial charge on any atom is 0.107 e. The molecule has 0 spiro atoms. The summed E-state index contributed by atoms with van der Waals surface area (Å²) in [6.45, 7) is 5.80. The highest BCUT2D eigenvalue weighted by atomic mass is 32.1. The molecule has 2 aromatic rings. The zero-order valence-corrected chi connectivity index (χ0v) is 10.3. The van der Waals surface area contributed by atoms with Crippen molar-refractivity contribution < 1.29 is 0 Å². The normalized spacial score (nSPS) is 10.6. The van der Waals surface area contributed by atoms with E-state index >= 15 is 0 Å². The van der Waals surface area contributed by atoms with Crippen LogP contribution in [0.1, 0.15) is 21.8 Å². The van der Waals surface area contributed by atoms with E-state index in [0.717, 1.165) is 23.8 Å². The highest BCUT2D eigenvalue weighted by Gasteiger charge is 2.00. The lowest BCUT2D eigenvalue weighted by molar-refractivity contribution is 0.685. The third-order valence-electron chi connectivity index (χ3n) is 2.39. The molecule has 0 radical (unpaired) electrons. The monoisotopic (exact) mass is 233 g/mol. The second kappa shape index (κ2) is 5.18. The summed E-state index contributed by atoms with van der Waals surface area (Å²) in [6, 6.07) is 2.05. The summed E-state index contributed by atoms with van der Waals surface area (Å²) in [5.74, 6) is 0. The summed E-state index contributed by atoms with van der Waals surface area (Å²) in [4.78, 5) is 8.48. The Bertz CT molecular complexity index is 465. The maximum atomic E-state index is 4.41. The van der Waals surface area contributed by atoms with Gasteiger partial charge in [0.25, 0.3) is 0 Å². The van der Waals surface area contributed by atoms with Crippen molar-refractivity contribution in [3.63, 3.8) is 0 Å². The molecule has 84 valence electrons. The minimum Gasteiger partial charge on any atom is -0.306 e. The molecule has 1 N–H and O–H groups in total. The summed E-state index contributed by atoms with van der Waals surface area (Å²) in [5, 5.41) is 6.61. The van der Waals surface area contributed by atoms with Crippen LogP contribution in [0.2, 0.25) is 0 Å². The van der Waals surface area contributed by atoms with E-state index in [4.69, 9.17) is 0 Å². The lowest BCUT2D eigenvalue weighted by Crippen LogP contribution is -2.13. The first-order chi connectivity index (χ1) is 7.75. The minimum atomic E-state index is 0.834. The van der Waals surface area contributed by atoms with Crippen LogP contribution in [0.5, 0.6) is 0 Å². The minimum absolute atomic E-state index is 0.834. The average molecular weight is 233 g/mol. The smallest absolute Gasteiger partial charge is 0.107 e. The Kier molecular flexibility index (Phi) is 3.64. The number of rotatable bonds is 4. The number of nitrogens with zero attached hydrogens (tertiary/aromatic N) is 2. The SMILES string of the molecule is Cc1csc(CNCc2ccncc2C)n1. The van der Waals surface area contributed by atoms with Gasteiger partial charge in [-0.05, 0) is 31.0 Å². The fourth-order valence-electron chi connectivity index (χ4n) is 1.49. The molecule has 0 aromatic carbocycles. The summed E-state index contributed by atoms with van der Waals surface area (Å²) < 4.78 is 0. The van der Waals surface area contributed by atoms with E-state index in [1.165, 1.54) is 11.1 Å². The molecular weight excluding hydrogens is 218 g/mol. The predicted molar refractivity (Wildman–Crippen MR) is 66.4 cm³/mol. The second-order valence-electron chi connectivity index (χ2n) is 3.79. The predicted octanol–water partition coefficient (Wildman–Crippen LogP) is 2.44. The van der Waals surface area contributed by atoms with E-state index in [0.29, 0.717) is 0 Å². The van der Waals surface area contributed by atoms with Gasteiger partial charge >= 0.3 is 0 Å². The number of pyridine rings is 1. The van der Waals surface area contributed by atoms with Crippen LogP contribution < -0.4 is 5.32 Å². The molecule has 0 saturated heterocycles. The molecule has 0 atom stereocenters. The Morgan fingerprint density at radius 3 is 2.88 bits per heavy atom. The van der Waals surface area contributed by atoms with Crippen LogP contribution in [0, 0.1) is 13.8 Å². The van der Waals surface area contributed by atoms with Crippen molar-refractivity contribution in [2.45, 2.75) is 26.9 Å². The van der Waals surface area contributed by atoms with E-state index in [2.05, 4.69) is 33.7 Å². The zero-order valence-electron chi connectivity index (χ0n) is 9.53. The first kappa shape index (κ1) is 11.2. The quantitative estimate of drug-likeness (QED) is 0.881. The summed E-state index contributed by atoms with van der Waals surface area (Å²) in [6.07, 6.45) is 3.72. The van der Waals surface area contributed by atoms with Gasteiger partial charge in [0, 0.05) is 36.6 Å². The van der Waals surface area contributed by atoms with Crippen molar-refractivity contribution in [3.8, 4) is 0 Å². The number of hydrogen-bond acceptors (Lipinski definition) is 4. The van der Waals surface area contributed by atoms with Gasteiger partial charge in [-0.25, -0.2) is 4.98 Å². The Hall–Kier alpha value is -1.26. The van der Waals surface area contributed by atoms with Crippen molar-refractivity contribution in [2.24, 2.45) is 0 Å². The lowest BCUT2D eigenvalue weighted by atomic mass is 10.1. The molecule has 16 heavy (non-hydrogen) atoms. The van der Waals surface area contributed by atoms with Gasteiger partial charge in [0.05, 0.1) is 0 Å². The van der Waals surface area contributed by atoms with Gasteiger partial charge < -0.3 is 5.32 Å². The largest absolute Gasteiger partial charge is 0.306 e. The highest BCUT2D eigenvalue weighted by molar-refractivity contribution is 7.09. The molecule has 4 heteroatoms. The highest BCUT2D eigenvalue weighted by Crippen LogP contribution is 2.09. The Labute approximate surface area is 99.6 Å².